The van der Waals surface area contributed by atoms with Crippen molar-refractivity contribution in [3.05, 3.63) is 60.2 Å². The highest BCUT2D eigenvalue weighted by atomic mass is 16.5. The summed E-state index contributed by atoms with van der Waals surface area (Å²) in [4.78, 5) is 14.2. The molecule has 1 saturated heterocycles. The van der Waals surface area contributed by atoms with Gasteiger partial charge in [-0.1, -0.05) is 30.3 Å². The molecule has 0 aromatic heterocycles. The molecule has 1 aliphatic heterocycles. The first kappa shape index (κ1) is 17.3. The van der Waals surface area contributed by atoms with E-state index in [-0.39, 0.29) is 12.5 Å². The van der Waals surface area contributed by atoms with Crippen LogP contribution < -0.4 is 9.47 Å². The maximum Gasteiger partial charge on any atom is 0.227 e. The first-order valence-corrected chi connectivity index (χ1v) is 8.39. The predicted octanol–water partition coefficient (Wildman–Crippen LogP) is 2.28. The molecule has 0 aliphatic carbocycles. The van der Waals surface area contributed by atoms with Gasteiger partial charge in [0.25, 0.3) is 0 Å². The minimum atomic E-state index is -0.995. The quantitative estimate of drug-likeness (QED) is 0.876. The standard InChI is InChI=1S/C20H23NO4/c1-24-17-9-7-16(8-10-17)13-19(22)21-12-11-20(23,14-21)15-25-18-5-3-2-4-6-18/h2-10,23H,11-15H2,1H3/t20-/m0/s1. The first-order chi connectivity index (χ1) is 12.1. The van der Waals surface area contributed by atoms with Crippen molar-refractivity contribution in [1.82, 2.24) is 4.90 Å². The van der Waals surface area contributed by atoms with Crippen molar-refractivity contribution in [1.29, 1.82) is 0 Å². The third-order valence-corrected chi connectivity index (χ3v) is 4.45. The second-order valence-electron chi connectivity index (χ2n) is 6.42. The molecule has 0 saturated carbocycles. The zero-order chi connectivity index (χ0) is 17.7. The normalized spacial score (nSPS) is 19.7. The van der Waals surface area contributed by atoms with Gasteiger partial charge in [0.2, 0.25) is 5.91 Å². The van der Waals surface area contributed by atoms with E-state index in [1.807, 2.05) is 54.6 Å². The molecule has 2 aromatic rings. The number of aliphatic hydroxyl groups is 1. The van der Waals surface area contributed by atoms with Crippen LogP contribution in [-0.4, -0.2) is 48.3 Å². The molecule has 1 amide bonds. The molecule has 0 spiro atoms. The number of hydrogen-bond acceptors (Lipinski definition) is 4. The third kappa shape index (κ3) is 4.51. The van der Waals surface area contributed by atoms with E-state index < -0.39 is 5.60 Å². The SMILES string of the molecule is COc1ccc(CC(=O)N2CC[C@@](O)(COc3ccccc3)C2)cc1. The van der Waals surface area contributed by atoms with Crippen molar-refractivity contribution in [2.45, 2.75) is 18.4 Å². The van der Waals surface area contributed by atoms with Crippen molar-refractivity contribution in [3.63, 3.8) is 0 Å². The molecule has 0 bridgehead atoms. The number of carbonyl (C=O) groups excluding carboxylic acids is 1. The van der Waals surface area contributed by atoms with Crippen molar-refractivity contribution in [3.8, 4) is 11.5 Å². The maximum absolute atomic E-state index is 12.5. The van der Waals surface area contributed by atoms with Crippen LogP contribution in [0.15, 0.2) is 54.6 Å². The van der Waals surface area contributed by atoms with Crippen LogP contribution in [-0.2, 0) is 11.2 Å². The van der Waals surface area contributed by atoms with Gasteiger partial charge in [0.1, 0.15) is 23.7 Å². The first-order valence-electron chi connectivity index (χ1n) is 8.39. The summed E-state index contributed by atoms with van der Waals surface area (Å²) in [5, 5.41) is 10.7. The summed E-state index contributed by atoms with van der Waals surface area (Å²) in [5.74, 6) is 1.50. The van der Waals surface area contributed by atoms with Crippen LogP contribution in [0.2, 0.25) is 0 Å². The number of hydrogen-bond donors (Lipinski definition) is 1. The lowest BCUT2D eigenvalue weighted by molar-refractivity contribution is -0.130. The lowest BCUT2D eigenvalue weighted by Crippen LogP contribution is -2.41. The highest BCUT2D eigenvalue weighted by Crippen LogP contribution is 2.24. The van der Waals surface area contributed by atoms with Gasteiger partial charge in [-0.3, -0.25) is 4.79 Å². The van der Waals surface area contributed by atoms with Crippen molar-refractivity contribution < 1.29 is 19.4 Å². The maximum atomic E-state index is 12.5. The third-order valence-electron chi connectivity index (χ3n) is 4.45. The second-order valence-corrected chi connectivity index (χ2v) is 6.42. The summed E-state index contributed by atoms with van der Waals surface area (Å²) in [5.41, 5.74) is -0.0624. The van der Waals surface area contributed by atoms with Gasteiger partial charge in [-0.25, -0.2) is 0 Å². The number of methoxy groups -OCH3 is 1. The lowest BCUT2D eigenvalue weighted by atomic mass is 10.1. The summed E-state index contributed by atoms with van der Waals surface area (Å²) in [7, 11) is 1.61. The molecule has 5 nitrogen and oxygen atoms in total. The Morgan fingerprint density at radius 1 is 1.12 bits per heavy atom. The van der Waals surface area contributed by atoms with Crippen LogP contribution in [0.3, 0.4) is 0 Å². The number of benzene rings is 2. The number of carbonyl (C=O) groups is 1. The van der Waals surface area contributed by atoms with Crippen molar-refractivity contribution >= 4 is 5.91 Å². The molecular formula is C20H23NO4. The van der Waals surface area contributed by atoms with Gasteiger partial charge in [-0.05, 0) is 36.2 Å². The molecule has 0 radical (unpaired) electrons. The Labute approximate surface area is 147 Å². The molecule has 0 unspecified atom stereocenters. The number of para-hydroxylation sites is 1. The predicted molar refractivity (Wildman–Crippen MR) is 94.8 cm³/mol. The Balaban J connectivity index is 1.53. The minimum absolute atomic E-state index is 0.0146. The lowest BCUT2D eigenvalue weighted by Gasteiger charge is -2.23. The Hall–Kier alpha value is -2.53. The van der Waals surface area contributed by atoms with E-state index in [1.165, 1.54) is 0 Å². The molecular weight excluding hydrogens is 318 g/mol. The highest BCUT2D eigenvalue weighted by molar-refractivity contribution is 5.79. The molecule has 2 aromatic carbocycles. The van der Waals surface area contributed by atoms with Crippen molar-refractivity contribution in [2.75, 3.05) is 26.8 Å². The van der Waals surface area contributed by atoms with Gasteiger partial charge in [0, 0.05) is 6.54 Å². The molecule has 1 fully saturated rings. The largest absolute Gasteiger partial charge is 0.497 e. The van der Waals surface area contributed by atoms with Gasteiger partial charge >= 0.3 is 0 Å². The molecule has 1 N–H and O–H groups in total. The van der Waals surface area contributed by atoms with E-state index in [0.29, 0.717) is 25.9 Å². The Kier molecular flexibility index (Phi) is 5.24. The number of β-amino-alcohol motifs (C(OH)–C–C–N with tert-alkyl or cyclic N) is 1. The van der Waals surface area contributed by atoms with E-state index >= 15 is 0 Å². The zero-order valence-corrected chi connectivity index (χ0v) is 14.4. The van der Waals surface area contributed by atoms with E-state index in [9.17, 15) is 9.90 Å². The fourth-order valence-corrected chi connectivity index (χ4v) is 2.95. The molecule has 25 heavy (non-hydrogen) atoms. The second kappa shape index (κ2) is 7.57. The number of ether oxygens (including phenoxy) is 2. The van der Waals surface area contributed by atoms with Gasteiger partial charge in [-0.15, -0.1) is 0 Å². The van der Waals surface area contributed by atoms with E-state index in [1.54, 1.807) is 12.0 Å². The average molecular weight is 341 g/mol. The fraction of sp³-hybridized carbons (Fsp3) is 0.350. The monoisotopic (exact) mass is 341 g/mol. The number of amides is 1. The van der Waals surface area contributed by atoms with Crippen LogP contribution in [0.1, 0.15) is 12.0 Å². The van der Waals surface area contributed by atoms with Gasteiger partial charge in [0.15, 0.2) is 0 Å². The zero-order valence-electron chi connectivity index (χ0n) is 14.4. The highest BCUT2D eigenvalue weighted by Gasteiger charge is 2.38. The van der Waals surface area contributed by atoms with Crippen LogP contribution in [0, 0.1) is 0 Å². The van der Waals surface area contributed by atoms with E-state index in [2.05, 4.69) is 0 Å². The molecule has 1 aliphatic rings. The van der Waals surface area contributed by atoms with Gasteiger partial charge in [0.05, 0.1) is 20.1 Å². The van der Waals surface area contributed by atoms with Crippen molar-refractivity contribution in [2.24, 2.45) is 0 Å². The minimum Gasteiger partial charge on any atom is -0.497 e. The number of likely N-dealkylation sites (tertiary alicyclic amines) is 1. The molecule has 3 rings (SSSR count). The molecule has 132 valence electrons. The fourth-order valence-electron chi connectivity index (χ4n) is 2.95. The Morgan fingerprint density at radius 3 is 2.52 bits per heavy atom. The summed E-state index contributed by atoms with van der Waals surface area (Å²) in [6, 6.07) is 16.9. The topological polar surface area (TPSA) is 59.0 Å². The Morgan fingerprint density at radius 2 is 1.84 bits per heavy atom. The molecule has 5 heteroatoms. The summed E-state index contributed by atoms with van der Waals surface area (Å²) in [6.07, 6.45) is 0.841. The Bertz CT molecular complexity index is 701. The van der Waals surface area contributed by atoms with E-state index in [0.717, 1.165) is 17.1 Å². The summed E-state index contributed by atoms with van der Waals surface area (Å²) in [6.45, 7) is 1.03. The molecule has 1 atom stereocenters. The van der Waals surface area contributed by atoms with Gasteiger partial charge < -0.3 is 19.5 Å². The average Bonchev–Trinajstić information content (AvgIpc) is 3.04. The number of nitrogens with zero attached hydrogens (tertiary/aromatic N) is 1. The summed E-state index contributed by atoms with van der Waals surface area (Å²) < 4.78 is 10.8. The number of rotatable bonds is 6. The van der Waals surface area contributed by atoms with E-state index in [4.69, 9.17) is 9.47 Å². The van der Waals surface area contributed by atoms with Crippen LogP contribution in [0.5, 0.6) is 11.5 Å². The van der Waals surface area contributed by atoms with Crippen LogP contribution >= 0.6 is 0 Å². The smallest absolute Gasteiger partial charge is 0.227 e. The van der Waals surface area contributed by atoms with Crippen LogP contribution in [0.4, 0.5) is 0 Å². The molecule has 1 heterocycles. The van der Waals surface area contributed by atoms with Crippen LogP contribution in [0.25, 0.3) is 0 Å². The van der Waals surface area contributed by atoms with Gasteiger partial charge in [-0.2, -0.15) is 0 Å². The summed E-state index contributed by atoms with van der Waals surface area (Å²) >= 11 is 0.